The standard InChI is InChI=1S/C12H12F3N5O2/c13-12(14,15)7-1-4-16-9(17-7)20-5-2-11(3-6-20)8(21)18-10(22)19-11/h1,4H,2-3,5-6H2,(H2,18,19,21,22). The molecule has 1 aromatic heterocycles. The lowest BCUT2D eigenvalue weighted by Crippen LogP contribution is -2.55. The lowest BCUT2D eigenvalue weighted by molar-refractivity contribution is -0.141. The van der Waals surface area contributed by atoms with Crippen LogP contribution in [0.2, 0.25) is 0 Å². The van der Waals surface area contributed by atoms with Gasteiger partial charge in [-0.2, -0.15) is 13.2 Å². The maximum absolute atomic E-state index is 12.7. The molecule has 0 atom stereocenters. The van der Waals surface area contributed by atoms with Gasteiger partial charge in [-0.05, 0) is 18.9 Å². The van der Waals surface area contributed by atoms with Crippen LogP contribution in [0, 0.1) is 0 Å². The predicted octanol–water partition coefficient (Wildman–Crippen LogP) is 0.674. The van der Waals surface area contributed by atoms with Crippen LogP contribution in [0.4, 0.5) is 23.9 Å². The first-order valence-electron chi connectivity index (χ1n) is 6.59. The SMILES string of the molecule is O=C1NC(=O)C2(CCN(c3nccc(C(F)(F)F)n3)CC2)N1. The molecule has 0 aromatic carbocycles. The van der Waals surface area contributed by atoms with Crippen molar-refractivity contribution in [1.29, 1.82) is 0 Å². The van der Waals surface area contributed by atoms with Crippen LogP contribution in [0.15, 0.2) is 12.3 Å². The largest absolute Gasteiger partial charge is 0.433 e. The van der Waals surface area contributed by atoms with Crippen LogP contribution in [0.25, 0.3) is 0 Å². The minimum atomic E-state index is -4.53. The Morgan fingerprint density at radius 1 is 1.23 bits per heavy atom. The Hall–Kier alpha value is -2.39. The molecule has 22 heavy (non-hydrogen) atoms. The summed E-state index contributed by atoms with van der Waals surface area (Å²) in [5.41, 5.74) is -1.99. The van der Waals surface area contributed by atoms with Gasteiger partial charge in [-0.25, -0.2) is 14.8 Å². The van der Waals surface area contributed by atoms with Crippen molar-refractivity contribution in [3.05, 3.63) is 18.0 Å². The minimum absolute atomic E-state index is 0.0330. The van der Waals surface area contributed by atoms with Gasteiger partial charge in [-0.3, -0.25) is 10.1 Å². The van der Waals surface area contributed by atoms with Gasteiger partial charge in [0.05, 0.1) is 0 Å². The fourth-order valence-electron chi connectivity index (χ4n) is 2.63. The summed E-state index contributed by atoms with van der Waals surface area (Å²) in [6, 6.07) is 0.258. The van der Waals surface area contributed by atoms with E-state index in [1.54, 1.807) is 4.90 Å². The van der Waals surface area contributed by atoms with E-state index in [1.165, 1.54) is 0 Å². The summed E-state index contributed by atoms with van der Waals surface area (Å²) in [4.78, 5) is 32.0. The van der Waals surface area contributed by atoms with E-state index in [2.05, 4.69) is 20.6 Å². The number of amides is 3. The molecule has 3 rings (SSSR count). The van der Waals surface area contributed by atoms with Gasteiger partial charge in [0.15, 0.2) is 0 Å². The molecule has 0 radical (unpaired) electrons. The van der Waals surface area contributed by atoms with Crippen LogP contribution in [0.5, 0.6) is 0 Å². The van der Waals surface area contributed by atoms with Crippen molar-refractivity contribution in [2.75, 3.05) is 18.0 Å². The molecule has 7 nitrogen and oxygen atoms in total. The molecule has 0 aliphatic carbocycles. The first-order valence-corrected chi connectivity index (χ1v) is 6.59. The molecule has 118 valence electrons. The second-order valence-electron chi connectivity index (χ2n) is 5.22. The highest BCUT2D eigenvalue weighted by atomic mass is 19.4. The fourth-order valence-corrected chi connectivity index (χ4v) is 2.63. The highest BCUT2D eigenvalue weighted by molar-refractivity contribution is 6.07. The molecular formula is C12H12F3N5O2. The van der Waals surface area contributed by atoms with Crippen LogP contribution in [-0.2, 0) is 11.0 Å². The summed E-state index contributed by atoms with van der Waals surface area (Å²) < 4.78 is 38.0. The number of nitrogens with one attached hydrogen (secondary N) is 2. The topological polar surface area (TPSA) is 87.2 Å². The van der Waals surface area contributed by atoms with Crippen LogP contribution in [0.3, 0.4) is 0 Å². The molecule has 2 N–H and O–H groups in total. The van der Waals surface area contributed by atoms with Crippen molar-refractivity contribution in [2.24, 2.45) is 0 Å². The fraction of sp³-hybridized carbons (Fsp3) is 0.500. The Kier molecular flexibility index (Phi) is 3.18. The second-order valence-corrected chi connectivity index (χ2v) is 5.22. The first-order chi connectivity index (χ1) is 10.3. The predicted molar refractivity (Wildman–Crippen MR) is 67.9 cm³/mol. The summed E-state index contributed by atoms with van der Waals surface area (Å²) in [6.45, 7) is 0.546. The van der Waals surface area contributed by atoms with Gasteiger partial charge in [-0.1, -0.05) is 0 Å². The zero-order valence-electron chi connectivity index (χ0n) is 11.3. The van der Waals surface area contributed by atoms with Crippen molar-refractivity contribution >= 4 is 17.9 Å². The number of hydrogen-bond acceptors (Lipinski definition) is 5. The summed E-state index contributed by atoms with van der Waals surface area (Å²) in [6.07, 6.45) is -2.91. The number of alkyl halides is 3. The molecule has 1 aromatic rings. The van der Waals surface area contributed by atoms with Gasteiger partial charge in [0.25, 0.3) is 5.91 Å². The highest BCUT2D eigenvalue weighted by Gasteiger charge is 2.48. The van der Waals surface area contributed by atoms with E-state index in [0.717, 1.165) is 12.3 Å². The molecule has 3 heterocycles. The zero-order valence-corrected chi connectivity index (χ0v) is 11.3. The van der Waals surface area contributed by atoms with E-state index in [0.29, 0.717) is 0 Å². The van der Waals surface area contributed by atoms with Gasteiger partial charge >= 0.3 is 12.2 Å². The number of piperidine rings is 1. The number of rotatable bonds is 1. The van der Waals surface area contributed by atoms with Crippen molar-refractivity contribution in [2.45, 2.75) is 24.6 Å². The summed E-state index contributed by atoms with van der Waals surface area (Å²) in [5, 5.41) is 4.75. The van der Waals surface area contributed by atoms with E-state index in [9.17, 15) is 22.8 Å². The van der Waals surface area contributed by atoms with E-state index in [-0.39, 0.29) is 31.9 Å². The Balaban J connectivity index is 1.75. The number of urea groups is 1. The molecule has 2 aliphatic heterocycles. The monoisotopic (exact) mass is 315 g/mol. The third-order valence-corrected chi connectivity index (χ3v) is 3.85. The second kappa shape index (κ2) is 4.82. The molecule has 10 heteroatoms. The number of anilines is 1. The van der Waals surface area contributed by atoms with Gasteiger partial charge < -0.3 is 10.2 Å². The Labute approximate surface area is 122 Å². The molecule has 0 saturated carbocycles. The van der Waals surface area contributed by atoms with Crippen molar-refractivity contribution in [1.82, 2.24) is 20.6 Å². The number of carbonyl (C=O) groups is 2. The quantitative estimate of drug-likeness (QED) is 0.744. The number of halogens is 3. The van der Waals surface area contributed by atoms with Crippen LogP contribution >= 0.6 is 0 Å². The third-order valence-electron chi connectivity index (χ3n) is 3.85. The Morgan fingerprint density at radius 3 is 2.45 bits per heavy atom. The minimum Gasteiger partial charge on any atom is -0.341 e. The number of hydrogen-bond donors (Lipinski definition) is 2. The van der Waals surface area contributed by atoms with Crippen molar-refractivity contribution < 1.29 is 22.8 Å². The van der Waals surface area contributed by atoms with Crippen LogP contribution < -0.4 is 15.5 Å². The van der Waals surface area contributed by atoms with Crippen molar-refractivity contribution in [3.8, 4) is 0 Å². The molecule has 3 amide bonds. The van der Waals surface area contributed by atoms with Gasteiger partial charge in [-0.15, -0.1) is 0 Å². The van der Waals surface area contributed by atoms with E-state index < -0.39 is 29.3 Å². The first kappa shape index (κ1) is 14.5. The smallest absolute Gasteiger partial charge is 0.341 e. The number of aromatic nitrogens is 2. The van der Waals surface area contributed by atoms with Crippen LogP contribution in [0.1, 0.15) is 18.5 Å². The third kappa shape index (κ3) is 2.44. The molecular weight excluding hydrogens is 303 g/mol. The average Bonchev–Trinajstić information content (AvgIpc) is 2.73. The van der Waals surface area contributed by atoms with E-state index in [4.69, 9.17) is 0 Å². The number of carbonyl (C=O) groups excluding carboxylic acids is 2. The molecule has 2 saturated heterocycles. The van der Waals surface area contributed by atoms with Crippen molar-refractivity contribution in [3.63, 3.8) is 0 Å². The van der Waals surface area contributed by atoms with E-state index >= 15 is 0 Å². The lowest BCUT2D eigenvalue weighted by atomic mass is 9.88. The maximum atomic E-state index is 12.7. The molecule has 0 bridgehead atoms. The molecule has 2 fully saturated rings. The summed E-state index contributed by atoms with van der Waals surface area (Å²) in [7, 11) is 0. The highest BCUT2D eigenvalue weighted by Crippen LogP contribution is 2.30. The number of imide groups is 1. The van der Waals surface area contributed by atoms with Gasteiger partial charge in [0.2, 0.25) is 5.95 Å². The Morgan fingerprint density at radius 2 is 1.91 bits per heavy atom. The van der Waals surface area contributed by atoms with Gasteiger partial charge in [0, 0.05) is 19.3 Å². The average molecular weight is 315 g/mol. The summed E-state index contributed by atoms with van der Waals surface area (Å²) >= 11 is 0. The van der Waals surface area contributed by atoms with Gasteiger partial charge in [0.1, 0.15) is 11.2 Å². The normalized spacial score (nSPS) is 21.0. The zero-order chi connectivity index (χ0) is 16.0. The lowest BCUT2D eigenvalue weighted by Gasteiger charge is -2.36. The Bertz CT molecular complexity index is 625. The number of nitrogens with zero attached hydrogens (tertiary/aromatic N) is 3. The maximum Gasteiger partial charge on any atom is 0.433 e. The van der Waals surface area contributed by atoms with Crippen LogP contribution in [-0.4, -0.2) is 40.5 Å². The van der Waals surface area contributed by atoms with E-state index in [1.807, 2.05) is 0 Å². The molecule has 1 spiro atoms. The summed E-state index contributed by atoms with van der Waals surface area (Å²) in [5.74, 6) is -0.434. The molecule has 0 unspecified atom stereocenters. The molecule has 2 aliphatic rings.